The van der Waals surface area contributed by atoms with E-state index in [0.29, 0.717) is 39.6 Å². The largest absolute Gasteiger partial charge is 0.493 e. The van der Waals surface area contributed by atoms with Crippen LogP contribution in [0.15, 0.2) is 47.5 Å². The van der Waals surface area contributed by atoms with Crippen molar-refractivity contribution in [2.75, 3.05) is 32.0 Å². The van der Waals surface area contributed by atoms with Gasteiger partial charge in [0, 0.05) is 17.5 Å². The molecule has 2 heterocycles. The lowest BCUT2D eigenvalue weighted by atomic mass is 10.0. The summed E-state index contributed by atoms with van der Waals surface area (Å²) in [6.07, 6.45) is 4.55. The first kappa shape index (κ1) is 30.1. The number of carbonyl (C=O) groups excluding carboxylic acids is 3. The third-order valence-corrected chi connectivity index (χ3v) is 8.53. The van der Waals surface area contributed by atoms with Crippen molar-refractivity contribution < 1.29 is 28.6 Å². The number of nitrogens with two attached hydrogens (primary N) is 1. The van der Waals surface area contributed by atoms with Crippen molar-refractivity contribution in [3.05, 3.63) is 70.3 Å². The Morgan fingerprint density at radius 1 is 1.00 bits per heavy atom. The van der Waals surface area contributed by atoms with Crippen molar-refractivity contribution in [2.45, 2.75) is 35.5 Å². The van der Waals surface area contributed by atoms with E-state index in [4.69, 9.17) is 19.9 Å². The van der Waals surface area contributed by atoms with Crippen LogP contribution < -0.4 is 24.8 Å². The zero-order chi connectivity index (χ0) is 31.5. The van der Waals surface area contributed by atoms with Crippen LogP contribution in [0.4, 0.5) is 11.5 Å². The number of nitrogen functional groups attached to an aromatic ring is 1. The van der Waals surface area contributed by atoms with Crippen molar-refractivity contribution >= 4 is 46.9 Å². The first-order valence-electron chi connectivity index (χ1n) is 13.5. The van der Waals surface area contributed by atoms with Gasteiger partial charge in [0.25, 0.3) is 0 Å². The van der Waals surface area contributed by atoms with Gasteiger partial charge in [-0.15, -0.1) is 0 Å². The van der Waals surface area contributed by atoms with Crippen LogP contribution in [-0.4, -0.2) is 49.2 Å². The number of ether oxygens (including phenoxy) is 3. The highest BCUT2D eigenvalue weighted by Gasteiger charge is 2.42. The summed E-state index contributed by atoms with van der Waals surface area (Å²) in [6, 6.07) is 13.8. The number of nitriles is 2. The number of anilines is 2. The van der Waals surface area contributed by atoms with E-state index in [1.165, 1.54) is 51.7 Å². The summed E-state index contributed by atoms with van der Waals surface area (Å²) in [5.41, 5.74) is 8.29. The molecule has 1 saturated carbocycles. The molecule has 1 aromatic heterocycles. The average Bonchev–Trinajstić information content (AvgIpc) is 3.84. The van der Waals surface area contributed by atoms with Crippen molar-refractivity contribution in [2.24, 2.45) is 0 Å². The second-order valence-corrected chi connectivity index (χ2v) is 11.2. The van der Waals surface area contributed by atoms with Crippen molar-refractivity contribution in [1.29, 1.82) is 10.5 Å². The number of imide groups is 1. The Morgan fingerprint density at radius 3 is 2.27 bits per heavy atom. The number of thioether (sulfide) groups is 1. The third-order valence-electron chi connectivity index (χ3n) is 7.36. The number of pyridine rings is 1. The number of hydrogen-bond acceptors (Lipinski definition) is 11. The molecule has 1 aliphatic carbocycles. The molecule has 2 N–H and O–H groups in total. The first-order chi connectivity index (χ1) is 21.3. The molecule has 0 bridgehead atoms. The Hall–Kier alpha value is -5.33. The van der Waals surface area contributed by atoms with Gasteiger partial charge < -0.3 is 19.9 Å². The van der Waals surface area contributed by atoms with E-state index < -0.39 is 17.1 Å². The van der Waals surface area contributed by atoms with E-state index in [9.17, 15) is 24.9 Å². The van der Waals surface area contributed by atoms with Crippen molar-refractivity contribution in [3.8, 4) is 29.4 Å². The van der Waals surface area contributed by atoms with E-state index >= 15 is 0 Å². The van der Waals surface area contributed by atoms with Crippen LogP contribution in [-0.2, 0) is 9.59 Å². The quantitative estimate of drug-likeness (QED) is 0.193. The summed E-state index contributed by atoms with van der Waals surface area (Å²) in [6.45, 7) is 0. The lowest BCUT2D eigenvalue weighted by molar-refractivity contribution is -0.121. The highest BCUT2D eigenvalue weighted by atomic mass is 32.2. The number of nitrogens with zero attached hydrogens (tertiary/aromatic N) is 4. The molecule has 0 radical (unpaired) electrons. The molecule has 44 heavy (non-hydrogen) atoms. The molecule has 2 fully saturated rings. The van der Waals surface area contributed by atoms with Crippen LogP contribution >= 0.6 is 11.8 Å². The highest BCUT2D eigenvalue weighted by molar-refractivity contribution is 8.00. The molecule has 0 spiro atoms. The summed E-state index contributed by atoms with van der Waals surface area (Å²) in [5.74, 6) is 0.157. The molecule has 1 aliphatic heterocycles. The smallest absolute Gasteiger partial charge is 0.247 e. The van der Waals surface area contributed by atoms with Crippen LogP contribution in [0.25, 0.3) is 6.08 Å². The number of allylic oxidation sites excluding steroid dienone is 1. The Kier molecular flexibility index (Phi) is 8.56. The number of amides is 2. The number of aromatic nitrogens is 1. The van der Waals surface area contributed by atoms with Gasteiger partial charge in [-0.3, -0.25) is 14.4 Å². The molecule has 0 unspecified atom stereocenters. The summed E-state index contributed by atoms with van der Waals surface area (Å²) >= 11 is 1.00. The summed E-state index contributed by atoms with van der Waals surface area (Å²) in [7, 11) is 4.50. The zero-order valence-corrected chi connectivity index (χ0v) is 24.9. The minimum absolute atomic E-state index is 0.00315. The third kappa shape index (κ3) is 5.55. The summed E-state index contributed by atoms with van der Waals surface area (Å²) in [5, 5.41) is 18.9. The second-order valence-electron chi connectivity index (χ2n) is 10.0. The van der Waals surface area contributed by atoms with Gasteiger partial charge in [0.05, 0.1) is 43.4 Å². The van der Waals surface area contributed by atoms with E-state index in [2.05, 4.69) is 11.1 Å². The van der Waals surface area contributed by atoms with Gasteiger partial charge in [-0.05, 0) is 72.9 Å². The van der Waals surface area contributed by atoms with Crippen LogP contribution in [0.3, 0.4) is 0 Å². The molecule has 12 heteroatoms. The molecule has 2 aromatic carbocycles. The number of methoxy groups -OCH3 is 3. The minimum Gasteiger partial charge on any atom is -0.493 e. The van der Waals surface area contributed by atoms with Gasteiger partial charge in [-0.2, -0.15) is 10.5 Å². The predicted molar refractivity (Wildman–Crippen MR) is 163 cm³/mol. The zero-order valence-electron chi connectivity index (χ0n) is 24.1. The fourth-order valence-electron chi connectivity index (χ4n) is 5.08. The van der Waals surface area contributed by atoms with Gasteiger partial charge in [-0.1, -0.05) is 11.8 Å². The predicted octanol–water partition coefficient (Wildman–Crippen LogP) is 4.63. The molecule has 3 aromatic rings. The van der Waals surface area contributed by atoms with Crippen LogP contribution in [0, 0.1) is 22.7 Å². The highest BCUT2D eigenvalue weighted by Crippen LogP contribution is 2.47. The monoisotopic (exact) mass is 609 g/mol. The summed E-state index contributed by atoms with van der Waals surface area (Å²) < 4.78 is 16.1. The fourth-order valence-corrected chi connectivity index (χ4v) is 6.21. The number of benzene rings is 2. The summed E-state index contributed by atoms with van der Waals surface area (Å²) in [4.78, 5) is 44.6. The minimum atomic E-state index is -0.831. The maximum absolute atomic E-state index is 13.4. The van der Waals surface area contributed by atoms with E-state index in [1.54, 1.807) is 18.2 Å². The standard InChI is InChI=1S/C32H27N5O6S/c1-41-24-13-9-19(28(42-2)29(24)43-3)8-12-23(38)17-6-10-20(11-7-17)37-26(39)14-25(32(37)40)44-31-22(16-34)27(18-4-5-18)21(15-33)30(35)36-31/h6-13,18,25H,4-5,14H2,1-3H3,(H2,35,36)/b12-8+/t25-/m1/s1. The molecule has 1 saturated heterocycles. The Labute approximate surface area is 257 Å². The lowest BCUT2D eigenvalue weighted by Crippen LogP contribution is -2.31. The van der Waals surface area contributed by atoms with Crippen LogP contribution in [0.2, 0.25) is 0 Å². The van der Waals surface area contributed by atoms with Gasteiger partial charge in [0.15, 0.2) is 17.3 Å². The molecule has 222 valence electrons. The van der Waals surface area contributed by atoms with Gasteiger partial charge in [0.2, 0.25) is 17.6 Å². The molecule has 1 atom stereocenters. The van der Waals surface area contributed by atoms with Crippen LogP contribution in [0.1, 0.15) is 57.8 Å². The van der Waals surface area contributed by atoms with Crippen LogP contribution in [0.5, 0.6) is 17.2 Å². The number of rotatable bonds is 10. The maximum Gasteiger partial charge on any atom is 0.247 e. The lowest BCUT2D eigenvalue weighted by Gasteiger charge is -2.16. The SMILES string of the molecule is COc1ccc(/C=C/C(=O)c2ccc(N3C(=O)C[C@@H](Sc4nc(N)c(C#N)c(C5CC5)c4C#N)C3=O)cc2)c(OC)c1OC. The molecule has 11 nitrogen and oxygen atoms in total. The Balaban J connectivity index is 1.33. The van der Waals surface area contributed by atoms with Crippen molar-refractivity contribution in [3.63, 3.8) is 0 Å². The average molecular weight is 610 g/mol. The molecule has 2 amide bonds. The number of carbonyl (C=O) groups is 3. The van der Waals surface area contributed by atoms with Gasteiger partial charge in [-0.25, -0.2) is 9.88 Å². The number of hydrogen-bond donors (Lipinski definition) is 1. The Bertz CT molecular complexity index is 1790. The maximum atomic E-state index is 13.4. The topological polar surface area (TPSA) is 169 Å². The number of ketones is 1. The second kappa shape index (κ2) is 12.5. The first-order valence-corrected chi connectivity index (χ1v) is 14.4. The molecule has 5 rings (SSSR count). The van der Waals surface area contributed by atoms with Gasteiger partial charge >= 0.3 is 0 Å². The molecule has 2 aliphatic rings. The van der Waals surface area contributed by atoms with E-state index in [-0.39, 0.29) is 40.1 Å². The molecular weight excluding hydrogens is 582 g/mol. The van der Waals surface area contributed by atoms with E-state index in [1.807, 2.05) is 6.07 Å². The fraction of sp³-hybridized carbons (Fsp3) is 0.250. The Morgan fingerprint density at radius 2 is 1.68 bits per heavy atom. The van der Waals surface area contributed by atoms with E-state index in [0.717, 1.165) is 29.5 Å². The van der Waals surface area contributed by atoms with Gasteiger partial charge in [0.1, 0.15) is 23.0 Å². The van der Waals surface area contributed by atoms with Crippen molar-refractivity contribution in [1.82, 2.24) is 4.98 Å². The normalized spacial score (nSPS) is 16.1. The molecular formula is C32H27N5O6S.